The maximum absolute atomic E-state index is 11.6. The Bertz CT molecular complexity index is 486. The molecule has 2 rings (SSSR count). The Hall–Kier alpha value is -1.62. The van der Waals surface area contributed by atoms with E-state index in [1.165, 1.54) is 9.08 Å². The molecule has 74 valence electrons. The minimum atomic E-state index is -0.158. The highest BCUT2D eigenvalue weighted by Crippen LogP contribution is 1.95. The molecule has 5 heteroatoms. The van der Waals surface area contributed by atoms with Crippen LogP contribution in [0.15, 0.2) is 29.2 Å². The highest BCUT2D eigenvalue weighted by atomic mass is 16.3. The summed E-state index contributed by atoms with van der Waals surface area (Å²) in [6.07, 6.45) is 2.23. The molecule has 1 N–H and O–H groups in total. The Labute approximate surface area is 80.2 Å². The SMILES string of the molecule is O=c1n(CCCO)nc2ccccn12. The minimum Gasteiger partial charge on any atom is -0.396 e. The van der Waals surface area contributed by atoms with E-state index in [1.807, 2.05) is 6.07 Å². The molecular weight excluding hydrogens is 182 g/mol. The van der Waals surface area contributed by atoms with E-state index in [0.29, 0.717) is 18.6 Å². The summed E-state index contributed by atoms with van der Waals surface area (Å²) in [6, 6.07) is 5.39. The van der Waals surface area contributed by atoms with Crippen LogP contribution in [0.3, 0.4) is 0 Å². The van der Waals surface area contributed by atoms with E-state index >= 15 is 0 Å². The van der Waals surface area contributed by atoms with Gasteiger partial charge >= 0.3 is 5.69 Å². The molecule has 0 unspecified atom stereocenters. The van der Waals surface area contributed by atoms with Crippen LogP contribution in [0.4, 0.5) is 0 Å². The van der Waals surface area contributed by atoms with E-state index in [1.54, 1.807) is 18.3 Å². The van der Waals surface area contributed by atoms with Crippen molar-refractivity contribution in [3.05, 3.63) is 34.9 Å². The number of aromatic nitrogens is 3. The van der Waals surface area contributed by atoms with Crippen LogP contribution in [0.2, 0.25) is 0 Å². The highest BCUT2D eigenvalue weighted by Gasteiger charge is 2.03. The molecule has 0 aliphatic rings. The fraction of sp³-hybridized carbons (Fsp3) is 0.333. The second kappa shape index (κ2) is 3.63. The van der Waals surface area contributed by atoms with E-state index in [2.05, 4.69) is 5.10 Å². The number of fused-ring (bicyclic) bond motifs is 1. The maximum atomic E-state index is 11.6. The second-order valence-corrected chi connectivity index (χ2v) is 3.01. The van der Waals surface area contributed by atoms with Crippen LogP contribution in [-0.4, -0.2) is 25.9 Å². The number of nitrogens with zero attached hydrogens (tertiary/aromatic N) is 3. The largest absolute Gasteiger partial charge is 0.396 e. The number of aliphatic hydroxyl groups excluding tert-OH is 1. The van der Waals surface area contributed by atoms with Gasteiger partial charge < -0.3 is 5.11 Å². The van der Waals surface area contributed by atoms with Crippen molar-refractivity contribution < 1.29 is 5.11 Å². The molecular formula is C9H11N3O2. The lowest BCUT2D eigenvalue weighted by Gasteiger charge is -1.93. The van der Waals surface area contributed by atoms with Gasteiger partial charge in [0.15, 0.2) is 5.65 Å². The Morgan fingerprint density at radius 3 is 3.00 bits per heavy atom. The van der Waals surface area contributed by atoms with E-state index in [9.17, 15) is 4.79 Å². The van der Waals surface area contributed by atoms with Gasteiger partial charge in [-0.25, -0.2) is 9.48 Å². The molecule has 0 aliphatic carbocycles. The summed E-state index contributed by atoms with van der Waals surface area (Å²) < 4.78 is 2.85. The topological polar surface area (TPSA) is 59.5 Å². The molecule has 0 saturated carbocycles. The van der Waals surface area contributed by atoms with Crippen LogP contribution in [-0.2, 0) is 6.54 Å². The number of aliphatic hydroxyl groups is 1. The second-order valence-electron chi connectivity index (χ2n) is 3.01. The molecule has 2 aromatic rings. The predicted octanol–water partition coefficient (Wildman–Crippen LogP) is -0.122. The summed E-state index contributed by atoms with van der Waals surface area (Å²) >= 11 is 0. The Morgan fingerprint density at radius 1 is 1.43 bits per heavy atom. The lowest BCUT2D eigenvalue weighted by atomic mass is 10.5. The molecule has 0 radical (unpaired) electrons. The highest BCUT2D eigenvalue weighted by molar-refractivity contribution is 5.35. The molecule has 0 amide bonds. The lowest BCUT2D eigenvalue weighted by molar-refractivity contribution is 0.276. The summed E-state index contributed by atoms with van der Waals surface area (Å²) in [6.45, 7) is 0.525. The molecule has 0 aromatic carbocycles. The molecule has 5 nitrogen and oxygen atoms in total. The zero-order valence-corrected chi connectivity index (χ0v) is 7.63. The van der Waals surface area contributed by atoms with Crippen molar-refractivity contribution in [3.8, 4) is 0 Å². The van der Waals surface area contributed by atoms with E-state index < -0.39 is 0 Å². The molecule has 0 fully saturated rings. The number of rotatable bonds is 3. The molecule has 0 spiro atoms. The van der Waals surface area contributed by atoms with Crippen molar-refractivity contribution in [1.82, 2.24) is 14.2 Å². The van der Waals surface area contributed by atoms with Crippen molar-refractivity contribution >= 4 is 5.65 Å². The van der Waals surface area contributed by atoms with E-state index in [0.717, 1.165) is 0 Å². The molecule has 0 saturated heterocycles. The molecule has 0 aliphatic heterocycles. The normalized spacial score (nSPS) is 10.9. The van der Waals surface area contributed by atoms with Gasteiger partial charge in [0.2, 0.25) is 0 Å². The molecule has 2 aromatic heterocycles. The monoisotopic (exact) mass is 193 g/mol. The molecule has 14 heavy (non-hydrogen) atoms. The van der Waals surface area contributed by atoms with Gasteiger partial charge in [-0.2, -0.15) is 0 Å². The van der Waals surface area contributed by atoms with Crippen LogP contribution in [0.25, 0.3) is 5.65 Å². The Morgan fingerprint density at radius 2 is 2.29 bits per heavy atom. The number of hydrogen-bond acceptors (Lipinski definition) is 3. The zero-order valence-electron chi connectivity index (χ0n) is 7.63. The first-order valence-corrected chi connectivity index (χ1v) is 4.48. The minimum absolute atomic E-state index is 0.0698. The van der Waals surface area contributed by atoms with Gasteiger partial charge in [0.1, 0.15) is 0 Å². The lowest BCUT2D eigenvalue weighted by Crippen LogP contribution is -2.21. The first kappa shape index (κ1) is 8.96. The van der Waals surface area contributed by atoms with Gasteiger partial charge in [0, 0.05) is 19.3 Å². The number of hydrogen-bond donors (Lipinski definition) is 1. The number of aryl methyl sites for hydroxylation is 1. The van der Waals surface area contributed by atoms with Crippen LogP contribution in [0.1, 0.15) is 6.42 Å². The third kappa shape index (κ3) is 1.42. The van der Waals surface area contributed by atoms with E-state index in [4.69, 9.17) is 5.11 Å². The third-order valence-corrected chi connectivity index (χ3v) is 2.02. The van der Waals surface area contributed by atoms with E-state index in [-0.39, 0.29) is 12.3 Å². The standard InChI is InChI=1S/C9H11N3O2/c13-7-3-6-12-9(14)11-5-2-1-4-8(11)10-12/h1-2,4-5,13H,3,6-7H2. The average molecular weight is 193 g/mol. The van der Waals surface area contributed by atoms with Crippen LogP contribution >= 0.6 is 0 Å². The van der Waals surface area contributed by atoms with Gasteiger partial charge in [0.05, 0.1) is 0 Å². The molecule has 0 bridgehead atoms. The quantitative estimate of drug-likeness (QED) is 0.739. The van der Waals surface area contributed by atoms with Crippen molar-refractivity contribution in [2.24, 2.45) is 0 Å². The maximum Gasteiger partial charge on any atom is 0.350 e. The smallest absolute Gasteiger partial charge is 0.350 e. The van der Waals surface area contributed by atoms with Gasteiger partial charge in [-0.15, -0.1) is 5.10 Å². The summed E-state index contributed by atoms with van der Waals surface area (Å²) in [4.78, 5) is 11.6. The summed E-state index contributed by atoms with van der Waals surface area (Å²) in [5, 5.41) is 12.7. The van der Waals surface area contributed by atoms with Crippen LogP contribution in [0, 0.1) is 0 Å². The summed E-state index contributed by atoms with van der Waals surface area (Å²) in [5.74, 6) is 0. The van der Waals surface area contributed by atoms with Crippen molar-refractivity contribution in [3.63, 3.8) is 0 Å². The molecule has 0 atom stereocenters. The van der Waals surface area contributed by atoms with Crippen LogP contribution in [0.5, 0.6) is 0 Å². The molecule has 2 heterocycles. The van der Waals surface area contributed by atoms with Gasteiger partial charge in [-0.05, 0) is 18.6 Å². The Balaban J connectivity index is 2.47. The summed E-state index contributed by atoms with van der Waals surface area (Å²) in [7, 11) is 0. The first-order chi connectivity index (χ1) is 6.83. The van der Waals surface area contributed by atoms with Crippen molar-refractivity contribution in [2.45, 2.75) is 13.0 Å². The van der Waals surface area contributed by atoms with Gasteiger partial charge in [-0.1, -0.05) is 6.07 Å². The first-order valence-electron chi connectivity index (χ1n) is 4.48. The fourth-order valence-electron chi connectivity index (χ4n) is 1.33. The van der Waals surface area contributed by atoms with Gasteiger partial charge in [0.25, 0.3) is 0 Å². The van der Waals surface area contributed by atoms with Crippen LogP contribution < -0.4 is 5.69 Å². The van der Waals surface area contributed by atoms with Gasteiger partial charge in [-0.3, -0.25) is 4.40 Å². The Kier molecular flexibility index (Phi) is 2.32. The average Bonchev–Trinajstić information content (AvgIpc) is 2.54. The predicted molar refractivity (Wildman–Crippen MR) is 51.2 cm³/mol. The van der Waals surface area contributed by atoms with Crippen molar-refractivity contribution in [2.75, 3.05) is 6.61 Å². The summed E-state index contributed by atoms with van der Waals surface area (Å²) in [5.41, 5.74) is 0.476. The number of pyridine rings is 1. The zero-order chi connectivity index (χ0) is 9.97. The van der Waals surface area contributed by atoms with Crippen molar-refractivity contribution in [1.29, 1.82) is 0 Å². The third-order valence-electron chi connectivity index (χ3n) is 2.02. The fourth-order valence-corrected chi connectivity index (χ4v) is 1.33.